The van der Waals surface area contributed by atoms with Gasteiger partial charge in [-0.1, -0.05) is 47.6 Å². The summed E-state index contributed by atoms with van der Waals surface area (Å²) >= 11 is 0. The summed E-state index contributed by atoms with van der Waals surface area (Å²) in [5.74, 6) is -6.81. The molecule has 0 saturated carbocycles. The van der Waals surface area contributed by atoms with Crippen LogP contribution in [0.3, 0.4) is 0 Å². The molecule has 1 fully saturated rings. The van der Waals surface area contributed by atoms with Crippen molar-refractivity contribution >= 4 is 47.3 Å². The summed E-state index contributed by atoms with van der Waals surface area (Å²) in [5, 5.41) is 63.0. The van der Waals surface area contributed by atoms with Crippen molar-refractivity contribution in [1.29, 1.82) is 0 Å². The van der Waals surface area contributed by atoms with Gasteiger partial charge < -0.3 is 72.1 Å². The molecule has 1 saturated heterocycles. The molecule has 5 amide bonds. The largest absolute Gasteiger partial charge is 0.481 e. The van der Waals surface area contributed by atoms with E-state index in [1.807, 2.05) is 0 Å². The maximum atomic E-state index is 13.9. The van der Waals surface area contributed by atoms with Gasteiger partial charge in [0.1, 0.15) is 42.8 Å². The molecule has 21 nitrogen and oxygen atoms in total. The van der Waals surface area contributed by atoms with Crippen molar-refractivity contribution in [3.05, 3.63) is 23.8 Å². The molecule has 2 rings (SSSR count). The van der Waals surface area contributed by atoms with E-state index in [9.17, 15) is 59.1 Å². The third-order valence-corrected chi connectivity index (χ3v) is 8.56. The number of aliphatic hydroxyl groups excluding tert-OH is 3. The zero-order chi connectivity index (χ0) is 43.1. The fourth-order valence-corrected chi connectivity index (χ4v) is 5.47. The Morgan fingerprint density at radius 1 is 0.842 bits per heavy atom. The van der Waals surface area contributed by atoms with Crippen LogP contribution in [0, 0.1) is 11.8 Å². The van der Waals surface area contributed by atoms with E-state index in [0.717, 1.165) is 0 Å². The van der Waals surface area contributed by atoms with Crippen molar-refractivity contribution in [2.24, 2.45) is 17.6 Å². The van der Waals surface area contributed by atoms with Gasteiger partial charge in [-0.3, -0.25) is 24.0 Å². The first-order valence-electron chi connectivity index (χ1n) is 18.4. The van der Waals surface area contributed by atoms with Crippen molar-refractivity contribution in [3.63, 3.8) is 0 Å². The van der Waals surface area contributed by atoms with Gasteiger partial charge in [-0.2, -0.15) is 0 Å². The van der Waals surface area contributed by atoms with Crippen LogP contribution in [-0.2, 0) is 44.8 Å². The molecule has 12 N–H and O–H groups in total. The number of hydrogen-bond acceptors (Lipinski definition) is 14. The van der Waals surface area contributed by atoms with E-state index in [1.165, 1.54) is 18.2 Å². The lowest BCUT2D eigenvalue weighted by molar-refractivity contribution is -0.271. The van der Waals surface area contributed by atoms with Gasteiger partial charge in [0.15, 0.2) is 6.10 Å². The Labute approximate surface area is 329 Å². The van der Waals surface area contributed by atoms with Gasteiger partial charge in [0.2, 0.25) is 24.0 Å². The van der Waals surface area contributed by atoms with Crippen molar-refractivity contribution in [2.75, 3.05) is 11.9 Å². The molecule has 320 valence electrons. The van der Waals surface area contributed by atoms with E-state index < -0.39 is 102 Å². The van der Waals surface area contributed by atoms with E-state index in [4.69, 9.17) is 19.9 Å². The van der Waals surface area contributed by atoms with Gasteiger partial charge in [0.25, 0.3) is 0 Å². The molecule has 1 aromatic rings. The number of primary amides is 1. The predicted molar refractivity (Wildman–Crippen MR) is 199 cm³/mol. The standard InChI is InChI=1S/C36H56N6O15/c1-16(2)25(42-31(49)22(39-18(5)6)11-12-24(43)44)32(50)41-21(8-7-13-38-36(37)54)30(48)40-20-10-9-19(15-55-34(53)17(3)4)14-23(20)56-35-28(47)26(45)27(46)29(57-35)33(51)52/h9-10,14,16-18,21-22,25-29,35,39,45-47H,7-8,11-13,15H2,1-6H3,(H,40,48)(H,41,50)(H,42,49)(H,43,44)(H,51,52)(H3,37,38,54)/t21-,22-,25-,26-,27-,28+,29-,35+/m0/s1. The number of nitrogens with one attached hydrogen (secondary N) is 5. The van der Waals surface area contributed by atoms with Crippen LogP contribution < -0.4 is 37.1 Å². The Hall–Kier alpha value is -5.09. The zero-order valence-electron chi connectivity index (χ0n) is 32.7. The molecule has 1 aliphatic heterocycles. The van der Waals surface area contributed by atoms with Crippen LogP contribution in [0.15, 0.2) is 18.2 Å². The van der Waals surface area contributed by atoms with Gasteiger partial charge >= 0.3 is 23.9 Å². The molecule has 1 aliphatic rings. The second-order valence-corrected chi connectivity index (χ2v) is 14.5. The number of aliphatic carboxylic acids is 2. The minimum absolute atomic E-state index is 0.0133. The summed E-state index contributed by atoms with van der Waals surface area (Å²) in [4.78, 5) is 87.4. The van der Waals surface area contributed by atoms with E-state index in [2.05, 4.69) is 26.6 Å². The molecule has 0 radical (unpaired) electrons. The summed E-state index contributed by atoms with van der Waals surface area (Å²) in [5.41, 5.74) is 5.36. The highest BCUT2D eigenvalue weighted by Gasteiger charge is 2.48. The normalized spacial score (nSPS) is 20.9. The highest BCUT2D eigenvalue weighted by molar-refractivity contribution is 5.99. The molecule has 0 aromatic heterocycles. The first-order valence-corrected chi connectivity index (χ1v) is 18.4. The molecule has 0 unspecified atom stereocenters. The van der Waals surface area contributed by atoms with Crippen LogP contribution in [0.5, 0.6) is 5.75 Å². The fraction of sp³-hybridized carbons (Fsp3) is 0.639. The Balaban J connectivity index is 2.46. The smallest absolute Gasteiger partial charge is 0.335 e. The van der Waals surface area contributed by atoms with Gasteiger partial charge in [0, 0.05) is 19.0 Å². The summed E-state index contributed by atoms with van der Waals surface area (Å²) in [6.45, 7) is 9.81. The highest BCUT2D eigenvalue weighted by atomic mass is 16.7. The molecular formula is C36H56N6O15. The summed E-state index contributed by atoms with van der Waals surface area (Å²) in [6.07, 6.45) is -10.3. The maximum Gasteiger partial charge on any atom is 0.335 e. The van der Waals surface area contributed by atoms with E-state index in [-0.39, 0.29) is 56.3 Å². The van der Waals surface area contributed by atoms with E-state index in [0.29, 0.717) is 5.56 Å². The number of nitrogens with two attached hydrogens (primary N) is 1. The lowest BCUT2D eigenvalue weighted by Crippen LogP contribution is -2.61. The number of amides is 5. The number of rotatable bonds is 22. The molecule has 1 aromatic carbocycles. The number of hydrogen-bond donors (Lipinski definition) is 11. The van der Waals surface area contributed by atoms with E-state index in [1.54, 1.807) is 41.5 Å². The van der Waals surface area contributed by atoms with Crippen molar-refractivity contribution in [2.45, 2.75) is 129 Å². The monoisotopic (exact) mass is 812 g/mol. The number of carboxylic acid groups (broad SMARTS) is 2. The molecule has 0 bridgehead atoms. The second-order valence-electron chi connectivity index (χ2n) is 14.5. The molecular weight excluding hydrogens is 756 g/mol. The Morgan fingerprint density at radius 2 is 1.51 bits per heavy atom. The number of ether oxygens (including phenoxy) is 3. The van der Waals surface area contributed by atoms with Crippen LogP contribution in [-0.4, -0.2) is 129 Å². The number of aliphatic hydroxyl groups is 3. The Kier molecular flexibility index (Phi) is 19.1. The lowest BCUT2D eigenvalue weighted by atomic mass is 9.99. The average molecular weight is 813 g/mol. The first kappa shape index (κ1) is 48.1. The van der Waals surface area contributed by atoms with Crippen LogP contribution in [0.4, 0.5) is 10.5 Å². The maximum absolute atomic E-state index is 13.9. The molecule has 0 spiro atoms. The van der Waals surface area contributed by atoms with E-state index >= 15 is 0 Å². The minimum Gasteiger partial charge on any atom is -0.481 e. The van der Waals surface area contributed by atoms with Crippen LogP contribution in [0.1, 0.15) is 72.8 Å². The summed E-state index contributed by atoms with van der Waals surface area (Å²) < 4.78 is 16.3. The number of benzene rings is 1. The number of urea groups is 1. The van der Waals surface area contributed by atoms with Crippen LogP contribution >= 0.6 is 0 Å². The molecule has 0 aliphatic carbocycles. The average Bonchev–Trinajstić information content (AvgIpc) is 3.12. The predicted octanol–water partition coefficient (Wildman–Crippen LogP) is -1.10. The minimum atomic E-state index is -2.02. The topological polar surface area (TPSA) is 334 Å². The Bertz CT molecular complexity index is 1570. The molecule has 21 heteroatoms. The molecule has 8 atom stereocenters. The third kappa shape index (κ3) is 15.4. The summed E-state index contributed by atoms with van der Waals surface area (Å²) in [7, 11) is 0. The van der Waals surface area contributed by atoms with Gasteiger partial charge in [-0.05, 0) is 42.9 Å². The second kappa shape index (κ2) is 22.6. The number of carbonyl (C=O) groups is 7. The van der Waals surface area contributed by atoms with Gasteiger partial charge in [-0.25, -0.2) is 9.59 Å². The first-order chi connectivity index (χ1) is 26.6. The number of carboxylic acids is 2. The molecule has 1 heterocycles. The third-order valence-electron chi connectivity index (χ3n) is 8.56. The fourth-order valence-electron chi connectivity index (χ4n) is 5.47. The number of carbonyl (C=O) groups excluding carboxylic acids is 5. The quantitative estimate of drug-likeness (QED) is 0.0489. The summed E-state index contributed by atoms with van der Waals surface area (Å²) in [6, 6.07) is -0.461. The Morgan fingerprint density at radius 3 is 2.07 bits per heavy atom. The SMILES string of the molecule is CC(C)N[C@@H](CCC(=O)O)C(=O)N[C@H](C(=O)N[C@@H](CCCNC(N)=O)C(=O)Nc1ccc(COC(=O)C(C)C)cc1O[C@@H]1O[C@H](C(=O)O)[C@@H](O)[C@H](O)[C@H]1O)C(C)C. The van der Waals surface area contributed by atoms with Crippen molar-refractivity contribution < 1.29 is 73.3 Å². The highest BCUT2D eigenvalue weighted by Crippen LogP contribution is 2.31. The van der Waals surface area contributed by atoms with Gasteiger partial charge in [0.05, 0.1) is 17.6 Å². The van der Waals surface area contributed by atoms with Crippen LogP contribution in [0.2, 0.25) is 0 Å². The van der Waals surface area contributed by atoms with Gasteiger partial charge in [-0.15, -0.1) is 0 Å². The zero-order valence-corrected chi connectivity index (χ0v) is 32.7. The molecule has 57 heavy (non-hydrogen) atoms. The lowest BCUT2D eigenvalue weighted by Gasteiger charge is -2.38. The number of anilines is 1. The van der Waals surface area contributed by atoms with Crippen molar-refractivity contribution in [3.8, 4) is 5.75 Å². The van der Waals surface area contributed by atoms with Crippen LogP contribution in [0.25, 0.3) is 0 Å². The van der Waals surface area contributed by atoms with Crippen molar-refractivity contribution in [1.82, 2.24) is 21.3 Å². The number of esters is 1.